The van der Waals surface area contributed by atoms with Gasteiger partial charge in [0.2, 0.25) is 0 Å². The van der Waals surface area contributed by atoms with E-state index < -0.39 is 0 Å². The molecule has 1 aliphatic rings. The molecule has 0 atom stereocenters. The van der Waals surface area contributed by atoms with Crippen LogP contribution in [-0.4, -0.2) is 9.55 Å². The number of rotatable bonds is 3. The third kappa shape index (κ3) is 1.77. The number of hydrogen-bond donors (Lipinski definition) is 1. The Morgan fingerprint density at radius 1 is 1.56 bits per heavy atom. The van der Waals surface area contributed by atoms with Crippen LogP contribution < -0.4 is 5.56 Å². The van der Waals surface area contributed by atoms with Crippen molar-refractivity contribution in [2.75, 3.05) is 0 Å². The maximum Gasteiger partial charge on any atom is 0.272 e. The minimum absolute atomic E-state index is 0.0654. The van der Waals surface area contributed by atoms with Crippen LogP contribution >= 0.6 is 23.6 Å². The zero-order chi connectivity index (χ0) is 12.9. The molecule has 2 aromatic heterocycles. The highest BCUT2D eigenvalue weighted by Gasteiger charge is 2.45. The lowest BCUT2D eigenvalue weighted by molar-refractivity contribution is 0.303. The summed E-state index contributed by atoms with van der Waals surface area (Å²) >= 11 is 6.81. The average Bonchev–Trinajstić information content (AvgIpc) is 2.96. The van der Waals surface area contributed by atoms with E-state index in [1.807, 2.05) is 11.4 Å². The van der Waals surface area contributed by atoms with Crippen molar-refractivity contribution in [3.63, 3.8) is 0 Å². The Labute approximate surface area is 114 Å². The van der Waals surface area contributed by atoms with Gasteiger partial charge in [0.15, 0.2) is 4.77 Å². The monoisotopic (exact) mass is 280 g/mol. The number of thiophene rings is 1. The quantitative estimate of drug-likeness (QED) is 0.873. The Bertz CT molecular complexity index is 704. The molecule has 3 rings (SSSR count). The molecular weight excluding hydrogens is 264 g/mol. The normalized spacial score (nSPS) is 17.5. The molecule has 0 amide bonds. The molecule has 2 aromatic rings. The van der Waals surface area contributed by atoms with E-state index in [-0.39, 0.29) is 11.0 Å². The number of hydrogen-bond acceptors (Lipinski definition) is 3. The van der Waals surface area contributed by atoms with Crippen LogP contribution in [0.15, 0.2) is 16.2 Å². The van der Waals surface area contributed by atoms with Gasteiger partial charge in [-0.1, -0.05) is 13.8 Å². The van der Waals surface area contributed by atoms with E-state index in [9.17, 15) is 4.79 Å². The molecule has 18 heavy (non-hydrogen) atoms. The Morgan fingerprint density at radius 2 is 2.28 bits per heavy atom. The molecule has 0 aromatic carbocycles. The van der Waals surface area contributed by atoms with Gasteiger partial charge in [-0.3, -0.25) is 9.36 Å². The third-order valence-corrected chi connectivity index (χ3v) is 5.41. The van der Waals surface area contributed by atoms with Gasteiger partial charge in [0, 0.05) is 6.54 Å². The summed E-state index contributed by atoms with van der Waals surface area (Å²) in [7, 11) is 0. The summed E-state index contributed by atoms with van der Waals surface area (Å²) in [6.45, 7) is 5.22. The average molecular weight is 280 g/mol. The molecule has 0 spiro atoms. The predicted molar refractivity (Wildman–Crippen MR) is 77.8 cm³/mol. The lowest BCUT2D eigenvalue weighted by atomic mass is 9.92. The van der Waals surface area contributed by atoms with Crippen molar-refractivity contribution >= 4 is 33.8 Å². The number of H-pyrrole nitrogens is 1. The molecule has 2 heterocycles. The number of nitrogens with one attached hydrogen (secondary N) is 1. The summed E-state index contributed by atoms with van der Waals surface area (Å²) in [6, 6.07) is 1.91. The van der Waals surface area contributed by atoms with Crippen molar-refractivity contribution in [3.8, 4) is 0 Å². The van der Waals surface area contributed by atoms with Gasteiger partial charge >= 0.3 is 0 Å². The van der Waals surface area contributed by atoms with Crippen molar-refractivity contribution < 1.29 is 0 Å². The van der Waals surface area contributed by atoms with Gasteiger partial charge in [0.25, 0.3) is 5.56 Å². The van der Waals surface area contributed by atoms with Gasteiger partial charge in [0.05, 0.1) is 5.52 Å². The zero-order valence-corrected chi connectivity index (χ0v) is 12.2. The summed E-state index contributed by atoms with van der Waals surface area (Å²) in [5.41, 5.74) is 1.22. The highest BCUT2D eigenvalue weighted by Crippen LogP contribution is 2.52. The number of aromatic amines is 1. The first kappa shape index (κ1) is 12.1. The second-order valence-electron chi connectivity index (χ2n) is 5.50. The molecule has 1 fully saturated rings. The fraction of sp³-hybridized carbons (Fsp3) is 0.538. The van der Waals surface area contributed by atoms with E-state index in [1.54, 1.807) is 4.57 Å². The van der Waals surface area contributed by atoms with Gasteiger partial charge < -0.3 is 4.98 Å². The first-order valence-corrected chi connectivity index (χ1v) is 7.53. The maximum atomic E-state index is 12.4. The fourth-order valence-electron chi connectivity index (χ4n) is 2.51. The maximum absolute atomic E-state index is 12.4. The van der Waals surface area contributed by atoms with E-state index in [1.165, 1.54) is 24.2 Å². The summed E-state index contributed by atoms with van der Waals surface area (Å²) in [6.07, 6.45) is 2.41. The highest BCUT2D eigenvalue weighted by atomic mass is 32.1. The van der Waals surface area contributed by atoms with Crippen LogP contribution in [0, 0.1) is 16.1 Å². The van der Waals surface area contributed by atoms with Crippen molar-refractivity contribution in [1.82, 2.24) is 9.55 Å². The van der Waals surface area contributed by atoms with Crippen LogP contribution in [0.25, 0.3) is 10.2 Å². The largest absolute Gasteiger partial charge is 0.331 e. The molecule has 96 valence electrons. The molecule has 0 unspecified atom stereocenters. The number of nitrogens with zero attached hydrogens (tertiary/aromatic N) is 1. The van der Waals surface area contributed by atoms with E-state index >= 15 is 0 Å². The Balaban J connectivity index is 2.12. The van der Waals surface area contributed by atoms with Gasteiger partial charge in [-0.15, -0.1) is 11.3 Å². The van der Waals surface area contributed by atoms with Crippen LogP contribution in [0.3, 0.4) is 0 Å². The smallest absolute Gasteiger partial charge is 0.272 e. The van der Waals surface area contributed by atoms with E-state index in [4.69, 9.17) is 12.2 Å². The molecule has 3 nitrogen and oxygen atoms in total. The molecule has 0 bridgehead atoms. The molecule has 0 radical (unpaired) electrons. The minimum atomic E-state index is 0.0654. The highest BCUT2D eigenvalue weighted by molar-refractivity contribution is 7.71. The molecule has 1 saturated carbocycles. The summed E-state index contributed by atoms with van der Waals surface area (Å²) in [4.78, 5) is 15.6. The lowest BCUT2D eigenvalue weighted by Gasteiger charge is -2.20. The Kier molecular flexibility index (Phi) is 2.71. The predicted octanol–water partition coefficient (Wildman–Crippen LogP) is 3.56. The first-order valence-electron chi connectivity index (χ1n) is 6.24. The second kappa shape index (κ2) is 4.03. The van der Waals surface area contributed by atoms with Crippen molar-refractivity contribution in [1.29, 1.82) is 0 Å². The molecule has 0 saturated heterocycles. The summed E-state index contributed by atoms with van der Waals surface area (Å²) in [5.74, 6) is 0.595. The number of aromatic nitrogens is 2. The molecule has 1 aliphatic carbocycles. The van der Waals surface area contributed by atoms with Crippen LogP contribution in [0.4, 0.5) is 0 Å². The van der Waals surface area contributed by atoms with E-state index in [2.05, 4.69) is 18.8 Å². The van der Waals surface area contributed by atoms with Gasteiger partial charge in [-0.25, -0.2) is 0 Å². The van der Waals surface area contributed by atoms with Gasteiger partial charge in [-0.05, 0) is 47.8 Å². The van der Waals surface area contributed by atoms with Crippen LogP contribution in [0.5, 0.6) is 0 Å². The Hall–Kier alpha value is -0.940. The topological polar surface area (TPSA) is 37.8 Å². The zero-order valence-electron chi connectivity index (χ0n) is 10.5. The standard InChI is InChI=1S/C13H16N2OS2/c1-8(2)13(4-5-13)7-15-11(16)10-9(3-6-18-10)14-12(15)17/h3,6,8H,4-5,7H2,1-2H3,(H,14,17). The minimum Gasteiger partial charge on any atom is -0.331 e. The molecule has 5 heteroatoms. The van der Waals surface area contributed by atoms with Crippen molar-refractivity contribution in [2.24, 2.45) is 11.3 Å². The molecular formula is C13H16N2OS2. The Morgan fingerprint density at radius 3 is 2.89 bits per heavy atom. The summed E-state index contributed by atoms with van der Waals surface area (Å²) in [5, 5.41) is 1.93. The van der Waals surface area contributed by atoms with Gasteiger partial charge in [-0.2, -0.15) is 0 Å². The van der Waals surface area contributed by atoms with Crippen molar-refractivity contribution in [2.45, 2.75) is 33.2 Å². The molecule has 1 N–H and O–H groups in total. The third-order valence-electron chi connectivity index (χ3n) is 4.18. The first-order chi connectivity index (χ1) is 8.53. The second-order valence-corrected chi connectivity index (χ2v) is 6.80. The lowest BCUT2D eigenvalue weighted by Crippen LogP contribution is -2.28. The van der Waals surface area contributed by atoms with Crippen LogP contribution in [-0.2, 0) is 6.54 Å². The number of fused-ring (bicyclic) bond motifs is 1. The van der Waals surface area contributed by atoms with Crippen LogP contribution in [0.2, 0.25) is 0 Å². The van der Waals surface area contributed by atoms with E-state index in [0.29, 0.717) is 10.7 Å². The fourth-order valence-corrected chi connectivity index (χ4v) is 3.56. The van der Waals surface area contributed by atoms with Crippen LogP contribution in [0.1, 0.15) is 26.7 Å². The summed E-state index contributed by atoms with van der Waals surface area (Å²) < 4.78 is 3.09. The van der Waals surface area contributed by atoms with Crippen molar-refractivity contribution in [3.05, 3.63) is 26.6 Å². The SMILES string of the molecule is CC(C)C1(Cn2c(=S)[nH]c3ccsc3c2=O)CC1. The molecule has 0 aliphatic heterocycles. The van der Waals surface area contributed by atoms with E-state index in [0.717, 1.165) is 16.8 Å². The van der Waals surface area contributed by atoms with Gasteiger partial charge in [0.1, 0.15) is 4.70 Å².